The van der Waals surface area contributed by atoms with Crippen LogP contribution in [0.1, 0.15) is 24.5 Å². The average molecular weight is 277 g/mol. The van der Waals surface area contributed by atoms with Crippen LogP contribution in [0, 0.1) is 5.41 Å². The van der Waals surface area contributed by atoms with Crippen LogP contribution in [0.25, 0.3) is 0 Å². The van der Waals surface area contributed by atoms with Crippen molar-refractivity contribution in [3.05, 3.63) is 29.3 Å². The Morgan fingerprint density at radius 1 is 1.55 bits per heavy atom. The number of nitrogens with zero attached hydrogens (tertiary/aromatic N) is 1. The molecule has 1 aromatic rings. The summed E-state index contributed by atoms with van der Waals surface area (Å²) in [6.07, 6.45) is 1.08. The van der Waals surface area contributed by atoms with Crippen LogP contribution in [-0.4, -0.2) is 43.6 Å². The van der Waals surface area contributed by atoms with Gasteiger partial charge in [-0.3, -0.25) is 10.3 Å². The summed E-state index contributed by atoms with van der Waals surface area (Å²) in [6.45, 7) is 5.56. The summed E-state index contributed by atoms with van der Waals surface area (Å²) in [5.74, 6) is 0.688. The molecule has 5 nitrogen and oxygen atoms in total. The van der Waals surface area contributed by atoms with Gasteiger partial charge in [-0.15, -0.1) is 0 Å². The minimum Gasteiger partial charge on any atom is -0.496 e. The second-order valence-corrected chi connectivity index (χ2v) is 5.06. The van der Waals surface area contributed by atoms with Crippen molar-refractivity contribution in [1.82, 2.24) is 4.90 Å². The SMILES string of the molecule is CCC1COCCN1Cc1ccc(OC)c(C(=N)N)c1. The van der Waals surface area contributed by atoms with Crippen molar-refractivity contribution < 1.29 is 9.47 Å². The molecule has 3 N–H and O–H groups in total. The molecule has 1 saturated heterocycles. The van der Waals surface area contributed by atoms with Crippen molar-refractivity contribution in [3.8, 4) is 5.75 Å². The Bertz CT molecular complexity index is 476. The van der Waals surface area contributed by atoms with Crippen molar-refractivity contribution in [1.29, 1.82) is 5.41 Å². The number of nitrogens with two attached hydrogens (primary N) is 1. The highest BCUT2D eigenvalue weighted by atomic mass is 16.5. The predicted molar refractivity (Wildman–Crippen MR) is 79.3 cm³/mol. The number of rotatable bonds is 5. The maximum atomic E-state index is 7.64. The molecule has 0 amide bonds. The summed E-state index contributed by atoms with van der Waals surface area (Å²) < 4.78 is 10.8. The van der Waals surface area contributed by atoms with Crippen LogP contribution >= 0.6 is 0 Å². The molecule has 0 radical (unpaired) electrons. The summed E-state index contributed by atoms with van der Waals surface area (Å²) in [4.78, 5) is 2.43. The Hall–Kier alpha value is -1.59. The fourth-order valence-electron chi connectivity index (χ4n) is 2.57. The third kappa shape index (κ3) is 3.29. The lowest BCUT2D eigenvalue weighted by molar-refractivity contribution is -0.0127. The third-order valence-corrected chi connectivity index (χ3v) is 3.76. The Morgan fingerprint density at radius 3 is 3.00 bits per heavy atom. The molecule has 0 spiro atoms. The second-order valence-electron chi connectivity index (χ2n) is 5.06. The molecule has 1 fully saturated rings. The third-order valence-electron chi connectivity index (χ3n) is 3.76. The lowest BCUT2D eigenvalue weighted by Gasteiger charge is -2.35. The van der Waals surface area contributed by atoms with E-state index in [2.05, 4.69) is 11.8 Å². The molecule has 0 aliphatic carbocycles. The number of morpholine rings is 1. The molecule has 110 valence electrons. The van der Waals surface area contributed by atoms with Crippen LogP contribution in [-0.2, 0) is 11.3 Å². The van der Waals surface area contributed by atoms with Gasteiger partial charge in [-0.1, -0.05) is 13.0 Å². The van der Waals surface area contributed by atoms with Gasteiger partial charge in [0, 0.05) is 19.1 Å². The molecule has 0 bridgehead atoms. The normalized spacial score (nSPS) is 19.8. The molecule has 1 aliphatic heterocycles. The first kappa shape index (κ1) is 14.8. The largest absolute Gasteiger partial charge is 0.496 e. The van der Waals surface area contributed by atoms with E-state index < -0.39 is 0 Å². The van der Waals surface area contributed by atoms with E-state index in [0.29, 0.717) is 17.4 Å². The standard InChI is InChI=1S/C15H23N3O2/c1-3-12-10-20-7-6-18(12)9-11-4-5-14(19-2)13(8-11)15(16)17/h4-5,8,12H,3,6-7,9-10H2,1-2H3,(H3,16,17). The number of nitrogen functional groups attached to an aromatic ring is 1. The molecule has 1 heterocycles. The van der Waals surface area contributed by atoms with Crippen molar-refractivity contribution >= 4 is 5.84 Å². The van der Waals surface area contributed by atoms with Crippen molar-refractivity contribution in [2.45, 2.75) is 25.9 Å². The van der Waals surface area contributed by atoms with Gasteiger partial charge < -0.3 is 15.2 Å². The van der Waals surface area contributed by atoms with Gasteiger partial charge in [-0.05, 0) is 24.1 Å². The zero-order chi connectivity index (χ0) is 14.5. The maximum Gasteiger partial charge on any atom is 0.129 e. The molecule has 2 rings (SSSR count). The minimum atomic E-state index is 0.0396. The van der Waals surface area contributed by atoms with E-state index in [1.807, 2.05) is 18.2 Å². The molecular formula is C15H23N3O2. The van der Waals surface area contributed by atoms with Crippen LogP contribution in [0.5, 0.6) is 5.75 Å². The van der Waals surface area contributed by atoms with E-state index >= 15 is 0 Å². The fourth-order valence-corrected chi connectivity index (χ4v) is 2.57. The van der Waals surface area contributed by atoms with Gasteiger partial charge in [-0.2, -0.15) is 0 Å². The molecule has 1 aliphatic rings. The quantitative estimate of drug-likeness (QED) is 0.633. The summed E-state index contributed by atoms with van der Waals surface area (Å²) >= 11 is 0. The van der Waals surface area contributed by atoms with Crippen molar-refractivity contribution in [2.75, 3.05) is 26.9 Å². The average Bonchev–Trinajstić information content (AvgIpc) is 2.47. The number of hydrogen-bond acceptors (Lipinski definition) is 4. The van der Waals surface area contributed by atoms with Gasteiger partial charge in [0.25, 0.3) is 0 Å². The number of hydrogen-bond donors (Lipinski definition) is 2. The topological polar surface area (TPSA) is 71.6 Å². The zero-order valence-corrected chi connectivity index (χ0v) is 12.2. The summed E-state index contributed by atoms with van der Waals surface area (Å²) in [5.41, 5.74) is 7.42. The van der Waals surface area contributed by atoms with Gasteiger partial charge >= 0.3 is 0 Å². The Labute approximate surface area is 120 Å². The van der Waals surface area contributed by atoms with Gasteiger partial charge in [0.1, 0.15) is 11.6 Å². The highest BCUT2D eigenvalue weighted by Gasteiger charge is 2.21. The Morgan fingerprint density at radius 2 is 2.35 bits per heavy atom. The molecule has 1 atom stereocenters. The second kappa shape index (κ2) is 6.72. The van der Waals surface area contributed by atoms with Crippen LogP contribution < -0.4 is 10.5 Å². The van der Waals surface area contributed by atoms with Gasteiger partial charge in [0.15, 0.2) is 0 Å². The number of ether oxygens (including phenoxy) is 2. The van der Waals surface area contributed by atoms with E-state index in [9.17, 15) is 0 Å². The predicted octanol–water partition coefficient (Wildman–Crippen LogP) is 1.59. The van der Waals surface area contributed by atoms with E-state index in [0.717, 1.165) is 38.3 Å². The summed E-state index contributed by atoms with van der Waals surface area (Å²) in [7, 11) is 1.59. The van der Waals surface area contributed by atoms with Crippen molar-refractivity contribution in [3.63, 3.8) is 0 Å². The lowest BCUT2D eigenvalue weighted by atomic mass is 10.1. The van der Waals surface area contributed by atoms with Gasteiger partial charge in [0.2, 0.25) is 0 Å². The lowest BCUT2D eigenvalue weighted by Crippen LogP contribution is -2.44. The fraction of sp³-hybridized carbons (Fsp3) is 0.533. The zero-order valence-electron chi connectivity index (χ0n) is 12.2. The first-order valence-corrected chi connectivity index (χ1v) is 6.98. The first-order valence-electron chi connectivity index (χ1n) is 6.98. The van der Waals surface area contributed by atoms with Crippen LogP contribution in [0.2, 0.25) is 0 Å². The highest BCUT2D eigenvalue weighted by molar-refractivity contribution is 5.97. The van der Waals surface area contributed by atoms with Crippen LogP contribution in [0.15, 0.2) is 18.2 Å². The summed E-state index contributed by atoms with van der Waals surface area (Å²) in [5, 5.41) is 7.64. The van der Waals surface area contributed by atoms with E-state index in [-0.39, 0.29) is 5.84 Å². The summed E-state index contributed by atoms with van der Waals surface area (Å²) in [6, 6.07) is 6.33. The maximum absolute atomic E-state index is 7.64. The number of methoxy groups -OCH3 is 1. The van der Waals surface area contributed by atoms with E-state index in [1.165, 1.54) is 0 Å². The van der Waals surface area contributed by atoms with E-state index in [4.69, 9.17) is 20.6 Å². The van der Waals surface area contributed by atoms with Gasteiger partial charge in [-0.25, -0.2) is 0 Å². The smallest absolute Gasteiger partial charge is 0.129 e. The number of amidine groups is 1. The van der Waals surface area contributed by atoms with Crippen molar-refractivity contribution in [2.24, 2.45) is 5.73 Å². The highest BCUT2D eigenvalue weighted by Crippen LogP contribution is 2.22. The van der Waals surface area contributed by atoms with Crippen LogP contribution in [0.3, 0.4) is 0 Å². The Balaban J connectivity index is 2.16. The minimum absolute atomic E-state index is 0.0396. The van der Waals surface area contributed by atoms with Crippen LogP contribution in [0.4, 0.5) is 0 Å². The molecule has 0 aromatic heterocycles. The monoisotopic (exact) mass is 277 g/mol. The number of benzene rings is 1. The number of nitrogens with one attached hydrogen (secondary N) is 1. The molecule has 0 saturated carbocycles. The molecular weight excluding hydrogens is 254 g/mol. The van der Waals surface area contributed by atoms with E-state index in [1.54, 1.807) is 7.11 Å². The molecule has 20 heavy (non-hydrogen) atoms. The first-order chi connectivity index (χ1) is 9.65. The molecule has 1 unspecified atom stereocenters. The Kier molecular flexibility index (Phi) is 4.98. The van der Waals surface area contributed by atoms with Gasteiger partial charge in [0.05, 0.1) is 25.9 Å². The molecule has 5 heteroatoms. The molecule has 1 aromatic carbocycles.